The number of halogens is 1. The number of sulfone groups is 1. The SMILES string of the molecule is CC(N)CCNC(=O)C(C(C)C)S(=O)(=O)C1CCCCC1.Cl. The summed E-state index contributed by atoms with van der Waals surface area (Å²) in [4.78, 5) is 12.3. The molecule has 2 atom stereocenters. The second-order valence-corrected chi connectivity index (χ2v) is 8.92. The molecule has 1 aliphatic carbocycles. The number of amides is 1. The Hall–Kier alpha value is -0.330. The largest absolute Gasteiger partial charge is 0.355 e. The van der Waals surface area contributed by atoms with E-state index >= 15 is 0 Å². The Balaban J connectivity index is 0.00000441. The summed E-state index contributed by atoms with van der Waals surface area (Å²) in [5, 5.41) is 1.46. The van der Waals surface area contributed by atoms with Crippen molar-refractivity contribution in [3.05, 3.63) is 0 Å². The quantitative estimate of drug-likeness (QED) is 0.732. The molecule has 0 spiro atoms. The van der Waals surface area contributed by atoms with Gasteiger partial charge in [0.15, 0.2) is 9.84 Å². The number of nitrogens with two attached hydrogens (primary N) is 1. The molecule has 1 rings (SSSR count). The maximum atomic E-state index is 12.8. The van der Waals surface area contributed by atoms with E-state index in [2.05, 4.69) is 5.32 Å². The van der Waals surface area contributed by atoms with Gasteiger partial charge in [-0.2, -0.15) is 0 Å². The zero-order valence-corrected chi connectivity index (χ0v) is 15.5. The number of hydrogen-bond donors (Lipinski definition) is 2. The number of carbonyl (C=O) groups excluding carboxylic acids is 1. The zero-order chi connectivity index (χ0) is 16.0. The highest BCUT2D eigenvalue weighted by Gasteiger charge is 2.40. The molecular weight excluding hydrogens is 324 g/mol. The van der Waals surface area contributed by atoms with Crippen LogP contribution < -0.4 is 11.1 Å². The Kier molecular flexibility index (Phi) is 9.58. The fourth-order valence-electron chi connectivity index (χ4n) is 2.96. The fraction of sp³-hybridized carbons (Fsp3) is 0.933. The Bertz CT molecular complexity index is 432. The van der Waals surface area contributed by atoms with Crippen molar-refractivity contribution in [2.45, 2.75) is 75.8 Å². The van der Waals surface area contributed by atoms with E-state index in [0.717, 1.165) is 19.3 Å². The highest BCUT2D eigenvalue weighted by atomic mass is 35.5. The van der Waals surface area contributed by atoms with Gasteiger partial charge in [-0.15, -0.1) is 12.4 Å². The molecule has 2 unspecified atom stereocenters. The smallest absolute Gasteiger partial charge is 0.238 e. The summed E-state index contributed by atoms with van der Waals surface area (Å²) >= 11 is 0. The van der Waals surface area contributed by atoms with Crippen molar-refractivity contribution in [2.75, 3.05) is 6.54 Å². The van der Waals surface area contributed by atoms with Crippen molar-refractivity contribution in [2.24, 2.45) is 11.7 Å². The maximum absolute atomic E-state index is 12.8. The second kappa shape index (κ2) is 9.73. The molecule has 1 amide bonds. The molecule has 0 aliphatic heterocycles. The molecule has 1 saturated carbocycles. The third-order valence-electron chi connectivity index (χ3n) is 4.13. The molecule has 0 radical (unpaired) electrons. The standard InChI is InChI=1S/C15H30N2O3S.ClH/c1-11(2)14(15(18)17-10-9-12(3)16)21(19,20)13-7-5-4-6-8-13;/h11-14H,4-10,16H2,1-3H3,(H,17,18);1H. The lowest BCUT2D eigenvalue weighted by Gasteiger charge is -2.28. The molecular formula is C15H31ClN2O3S. The van der Waals surface area contributed by atoms with Crippen LogP contribution >= 0.6 is 12.4 Å². The molecule has 1 aliphatic rings. The molecule has 22 heavy (non-hydrogen) atoms. The molecule has 7 heteroatoms. The van der Waals surface area contributed by atoms with E-state index in [0.29, 0.717) is 25.8 Å². The lowest BCUT2D eigenvalue weighted by Crippen LogP contribution is -2.47. The van der Waals surface area contributed by atoms with Crippen LogP contribution in [0.1, 0.15) is 59.3 Å². The molecule has 5 nitrogen and oxygen atoms in total. The van der Waals surface area contributed by atoms with Gasteiger partial charge in [-0.3, -0.25) is 4.79 Å². The summed E-state index contributed by atoms with van der Waals surface area (Å²) in [7, 11) is -3.42. The molecule has 1 fully saturated rings. The minimum Gasteiger partial charge on any atom is -0.355 e. The average Bonchev–Trinajstić information content (AvgIpc) is 2.38. The summed E-state index contributed by atoms with van der Waals surface area (Å²) in [5.74, 6) is -0.580. The van der Waals surface area contributed by atoms with Crippen molar-refractivity contribution in [1.29, 1.82) is 0 Å². The fourth-order valence-corrected chi connectivity index (χ4v) is 5.50. The van der Waals surface area contributed by atoms with Crippen molar-refractivity contribution < 1.29 is 13.2 Å². The van der Waals surface area contributed by atoms with Gasteiger partial charge in [-0.05, 0) is 32.1 Å². The van der Waals surface area contributed by atoms with E-state index in [4.69, 9.17) is 5.73 Å². The topological polar surface area (TPSA) is 89.3 Å². The van der Waals surface area contributed by atoms with Crippen LogP contribution in [-0.2, 0) is 14.6 Å². The van der Waals surface area contributed by atoms with Gasteiger partial charge in [-0.25, -0.2) is 8.42 Å². The highest BCUT2D eigenvalue weighted by molar-refractivity contribution is 7.93. The predicted molar refractivity (Wildman–Crippen MR) is 92.9 cm³/mol. The first-order chi connectivity index (χ1) is 9.76. The third-order valence-corrected chi connectivity index (χ3v) is 7.00. The Labute approximate surface area is 141 Å². The van der Waals surface area contributed by atoms with Gasteiger partial charge in [0.1, 0.15) is 5.25 Å². The summed E-state index contributed by atoms with van der Waals surface area (Å²) in [6, 6.07) is -0.00208. The molecule has 132 valence electrons. The molecule has 3 N–H and O–H groups in total. The summed E-state index contributed by atoms with van der Waals surface area (Å²) in [6.07, 6.45) is 5.03. The minimum atomic E-state index is -3.42. The molecule has 0 aromatic heterocycles. The van der Waals surface area contributed by atoms with Crippen LogP contribution in [0.15, 0.2) is 0 Å². The lowest BCUT2D eigenvalue weighted by molar-refractivity contribution is -0.121. The molecule has 0 bridgehead atoms. The van der Waals surface area contributed by atoms with Crippen molar-refractivity contribution in [3.63, 3.8) is 0 Å². The maximum Gasteiger partial charge on any atom is 0.238 e. The Morgan fingerprint density at radius 3 is 2.18 bits per heavy atom. The van der Waals surface area contributed by atoms with Gasteiger partial charge in [0.25, 0.3) is 0 Å². The van der Waals surface area contributed by atoms with Crippen LogP contribution in [0.3, 0.4) is 0 Å². The van der Waals surface area contributed by atoms with Gasteiger partial charge >= 0.3 is 0 Å². The monoisotopic (exact) mass is 354 g/mol. The summed E-state index contributed by atoms with van der Waals surface area (Å²) in [5.41, 5.74) is 5.65. The molecule has 0 saturated heterocycles. The van der Waals surface area contributed by atoms with Gasteiger partial charge in [-0.1, -0.05) is 33.1 Å². The zero-order valence-electron chi connectivity index (χ0n) is 13.9. The lowest BCUT2D eigenvalue weighted by atomic mass is 10.0. The van der Waals surface area contributed by atoms with E-state index in [-0.39, 0.29) is 35.5 Å². The first-order valence-electron chi connectivity index (χ1n) is 8.02. The molecule has 0 aromatic carbocycles. The predicted octanol–water partition coefficient (Wildman–Crippen LogP) is 2.03. The average molecular weight is 355 g/mol. The van der Waals surface area contributed by atoms with Crippen molar-refractivity contribution in [1.82, 2.24) is 5.32 Å². The van der Waals surface area contributed by atoms with Gasteiger partial charge < -0.3 is 11.1 Å². The third kappa shape index (κ3) is 6.05. The van der Waals surface area contributed by atoms with Gasteiger partial charge in [0, 0.05) is 12.6 Å². The van der Waals surface area contributed by atoms with Crippen LogP contribution in [0.5, 0.6) is 0 Å². The summed E-state index contributed by atoms with van der Waals surface area (Å²) < 4.78 is 25.6. The second-order valence-electron chi connectivity index (χ2n) is 6.57. The van der Waals surface area contributed by atoms with E-state index in [1.54, 1.807) is 13.8 Å². The molecule has 0 heterocycles. The Morgan fingerprint density at radius 1 is 1.18 bits per heavy atom. The minimum absolute atomic E-state index is 0. The molecule has 0 aromatic rings. The highest BCUT2D eigenvalue weighted by Crippen LogP contribution is 2.29. The van der Waals surface area contributed by atoms with Crippen LogP contribution in [0, 0.1) is 5.92 Å². The van der Waals surface area contributed by atoms with Crippen LogP contribution in [0.2, 0.25) is 0 Å². The van der Waals surface area contributed by atoms with E-state index in [9.17, 15) is 13.2 Å². The first kappa shape index (κ1) is 21.7. The summed E-state index contributed by atoms with van der Waals surface area (Å²) in [6.45, 7) is 5.90. The Morgan fingerprint density at radius 2 is 1.73 bits per heavy atom. The number of hydrogen-bond acceptors (Lipinski definition) is 4. The van der Waals surface area contributed by atoms with Crippen molar-refractivity contribution >= 4 is 28.2 Å². The first-order valence-corrected chi connectivity index (χ1v) is 9.63. The van der Waals surface area contributed by atoms with Gasteiger partial charge in [0.2, 0.25) is 5.91 Å². The number of rotatable bonds is 7. The normalized spacial score (nSPS) is 19.3. The van der Waals surface area contributed by atoms with Crippen molar-refractivity contribution in [3.8, 4) is 0 Å². The van der Waals surface area contributed by atoms with E-state index in [1.807, 2.05) is 6.92 Å². The van der Waals surface area contributed by atoms with Gasteiger partial charge in [0.05, 0.1) is 5.25 Å². The van der Waals surface area contributed by atoms with E-state index < -0.39 is 15.1 Å². The van der Waals surface area contributed by atoms with Crippen LogP contribution in [0.25, 0.3) is 0 Å². The number of carbonyl (C=O) groups is 1. The van der Waals surface area contributed by atoms with Crippen LogP contribution in [0.4, 0.5) is 0 Å². The number of nitrogens with one attached hydrogen (secondary N) is 1. The van der Waals surface area contributed by atoms with Crippen LogP contribution in [-0.4, -0.2) is 37.4 Å². The van der Waals surface area contributed by atoms with E-state index in [1.165, 1.54) is 0 Å².